The summed E-state index contributed by atoms with van der Waals surface area (Å²) in [5, 5.41) is 1.87. The van der Waals surface area contributed by atoms with Crippen molar-refractivity contribution in [3.8, 4) is 0 Å². The van der Waals surface area contributed by atoms with Crippen molar-refractivity contribution in [2.24, 2.45) is 0 Å². The standard InChI is InChI=1S/C15H19NO2S2/c1-11-14(9-10-19-11)16-20(17,18)13-7-5-12(6-8-13)15(2,3)4/h5-10,16H,1-4H3. The average molecular weight is 309 g/mol. The molecule has 0 spiro atoms. The Labute approximate surface area is 124 Å². The Kier molecular flexibility index (Phi) is 3.93. The Bertz CT molecular complexity index is 692. The summed E-state index contributed by atoms with van der Waals surface area (Å²) in [5.41, 5.74) is 1.78. The Hall–Kier alpha value is -1.33. The zero-order valence-corrected chi connectivity index (χ0v) is 13.7. The number of thiophene rings is 1. The van der Waals surface area contributed by atoms with Gasteiger partial charge in [-0.15, -0.1) is 11.3 Å². The number of sulfonamides is 1. The molecule has 0 aliphatic carbocycles. The Balaban J connectivity index is 2.29. The molecule has 0 saturated carbocycles. The van der Waals surface area contributed by atoms with Gasteiger partial charge in [-0.1, -0.05) is 32.9 Å². The van der Waals surface area contributed by atoms with Gasteiger partial charge >= 0.3 is 0 Å². The highest BCUT2D eigenvalue weighted by molar-refractivity contribution is 7.92. The van der Waals surface area contributed by atoms with E-state index in [-0.39, 0.29) is 10.3 Å². The minimum atomic E-state index is -3.51. The van der Waals surface area contributed by atoms with Crippen LogP contribution in [0.5, 0.6) is 0 Å². The molecule has 2 rings (SSSR count). The highest BCUT2D eigenvalue weighted by Gasteiger charge is 2.18. The normalized spacial score (nSPS) is 12.4. The lowest BCUT2D eigenvalue weighted by atomic mass is 9.87. The molecule has 3 nitrogen and oxygen atoms in total. The zero-order valence-electron chi connectivity index (χ0n) is 12.1. The van der Waals surface area contributed by atoms with Gasteiger partial charge in [0.25, 0.3) is 10.0 Å². The van der Waals surface area contributed by atoms with Gasteiger partial charge in [0.2, 0.25) is 0 Å². The Morgan fingerprint density at radius 3 is 2.10 bits per heavy atom. The largest absolute Gasteiger partial charge is 0.279 e. The first kappa shape index (κ1) is 15.1. The third-order valence-electron chi connectivity index (χ3n) is 3.13. The number of rotatable bonds is 3. The molecular formula is C15H19NO2S2. The van der Waals surface area contributed by atoms with Crippen LogP contribution >= 0.6 is 11.3 Å². The van der Waals surface area contributed by atoms with Crippen molar-refractivity contribution in [2.45, 2.75) is 38.0 Å². The molecule has 0 radical (unpaired) electrons. The summed E-state index contributed by atoms with van der Waals surface area (Å²) in [6, 6.07) is 8.83. The number of hydrogen-bond donors (Lipinski definition) is 1. The minimum absolute atomic E-state index is 0.0136. The monoisotopic (exact) mass is 309 g/mol. The quantitative estimate of drug-likeness (QED) is 0.925. The van der Waals surface area contributed by atoms with Crippen LogP contribution in [0.25, 0.3) is 0 Å². The number of aryl methyl sites for hydroxylation is 1. The number of benzene rings is 1. The molecule has 0 fully saturated rings. The fourth-order valence-electron chi connectivity index (χ4n) is 1.83. The molecule has 0 aliphatic rings. The van der Waals surface area contributed by atoms with E-state index in [1.165, 1.54) is 11.3 Å². The van der Waals surface area contributed by atoms with Crippen LogP contribution in [0.4, 0.5) is 5.69 Å². The molecule has 1 aromatic heterocycles. The van der Waals surface area contributed by atoms with E-state index >= 15 is 0 Å². The zero-order chi connectivity index (χ0) is 15.0. The molecule has 0 atom stereocenters. The molecule has 0 aliphatic heterocycles. The maximum Gasteiger partial charge on any atom is 0.261 e. The lowest BCUT2D eigenvalue weighted by Crippen LogP contribution is -2.14. The summed E-state index contributed by atoms with van der Waals surface area (Å²) in [6.07, 6.45) is 0. The van der Waals surface area contributed by atoms with Crippen LogP contribution in [-0.2, 0) is 15.4 Å². The van der Waals surface area contributed by atoms with Gasteiger partial charge in [-0.2, -0.15) is 0 Å². The van der Waals surface area contributed by atoms with Crippen LogP contribution in [0.2, 0.25) is 0 Å². The van der Waals surface area contributed by atoms with Gasteiger partial charge in [0.1, 0.15) is 0 Å². The number of anilines is 1. The van der Waals surface area contributed by atoms with E-state index in [4.69, 9.17) is 0 Å². The Morgan fingerprint density at radius 1 is 1.05 bits per heavy atom. The van der Waals surface area contributed by atoms with Crippen molar-refractivity contribution in [3.05, 3.63) is 46.2 Å². The van der Waals surface area contributed by atoms with Crippen LogP contribution in [0, 0.1) is 6.92 Å². The lowest BCUT2D eigenvalue weighted by Gasteiger charge is -2.19. The minimum Gasteiger partial charge on any atom is -0.279 e. The topological polar surface area (TPSA) is 46.2 Å². The van der Waals surface area contributed by atoms with E-state index in [2.05, 4.69) is 25.5 Å². The van der Waals surface area contributed by atoms with Crippen LogP contribution in [-0.4, -0.2) is 8.42 Å². The second kappa shape index (κ2) is 5.22. The predicted molar refractivity (Wildman–Crippen MR) is 85.0 cm³/mol. The van der Waals surface area contributed by atoms with Crippen LogP contribution in [0.15, 0.2) is 40.6 Å². The third kappa shape index (κ3) is 3.22. The van der Waals surface area contributed by atoms with E-state index < -0.39 is 10.0 Å². The van der Waals surface area contributed by atoms with E-state index in [0.29, 0.717) is 5.69 Å². The summed E-state index contributed by atoms with van der Waals surface area (Å²) >= 11 is 1.52. The molecule has 0 unspecified atom stereocenters. The van der Waals surface area contributed by atoms with Gasteiger partial charge in [0.05, 0.1) is 10.6 Å². The summed E-state index contributed by atoms with van der Waals surface area (Å²) in [6.45, 7) is 8.20. The van der Waals surface area contributed by atoms with Crippen molar-refractivity contribution >= 4 is 27.0 Å². The molecule has 1 heterocycles. The number of hydrogen-bond acceptors (Lipinski definition) is 3. The van der Waals surface area contributed by atoms with E-state index in [0.717, 1.165) is 10.4 Å². The summed E-state index contributed by atoms with van der Waals surface area (Å²) in [4.78, 5) is 1.25. The number of nitrogens with one attached hydrogen (secondary N) is 1. The molecule has 0 amide bonds. The first-order chi connectivity index (χ1) is 9.20. The highest BCUT2D eigenvalue weighted by Crippen LogP contribution is 2.26. The molecule has 0 bridgehead atoms. The molecule has 1 N–H and O–H groups in total. The van der Waals surface area contributed by atoms with Gasteiger partial charge < -0.3 is 0 Å². The molecule has 1 aromatic carbocycles. The molecule has 2 aromatic rings. The van der Waals surface area contributed by atoms with Crippen LogP contribution < -0.4 is 4.72 Å². The van der Waals surface area contributed by atoms with Crippen molar-refractivity contribution in [1.29, 1.82) is 0 Å². The van der Waals surface area contributed by atoms with Crippen molar-refractivity contribution in [3.63, 3.8) is 0 Å². The summed E-state index contributed by atoms with van der Waals surface area (Å²) in [7, 11) is -3.51. The van der Waals surface area contributed by atoms with E-state index in [1.54, 1.807) is 18.2 Å². The average Bonchev–Trinajstić information content (AvgIpc) is 2.73. The molecular weight excluding hydrogens is 290 g/mol. The summed E-state index contributed by atoms with van der Waals surface area (Å²) in [5.74, 6) is 0. The van der Waals surface area contributed by atoms with Crippen molar-refractivity contribution in [2.75, 3.05) is 4.72 Å². The van der Waals surface area contributed by atoms with Gasteiger partial charge in [0, 0.05) is 4.88 Å². The SMILES string of the molecule is Cc1sccc1NS(=O)(=O)c1ccc(C(C)(C)C)cc1. The van der Waals surface area contributed by atoms with E-state index in [9.17, 15) is 8.42 Å². The predicted octanol–water partition coefficient (Wildman–Crippen LogP) is 4.15. The van der Waals surface area contributed by atoms with Crippen LogP contribution in [0.1, 0.15) is 31.2 Å². The Morgan fingerprint density at radius 2 is 1.65 bits per heavy atom. The molecule has 0 saturated heterocycles. The summed E-state index contributed by atoms with van der Waals surface area (Å²) < 4.78 is 27.2. The van der Waals surface area contributed by atoms with Gasteiger partial charge in [-0.3, -0.25) is 4.72 Å². The van der Waals surface area contributed by atoms with Gasteiger partial charge in [-0.25, -0.2) is 8.42 Å². The second-order valence-electron chi connectivity index (χ2n) is 5.77. The molecule has 108 valence electrons. The fraction of sp³-hybridized carbons (Fsp3) is 0.333. The first-order valence-electron chi connectivity index (χ1n) is 6.37. The second-order valence-corrected chi connectivity index (χ2v) is 8.57. The smallest absolute Gasteiger partial charge is 0.261 e. The molecule has 20 heavy (non-hydrogen) atoms. The maximum absolute atomic E-state index is 12.3. The molecule has 5 heteroatoms. The fourth-order valence-corrected chi connectivity index (χ4v) is 3.67. The first-order valence-corrected chi connectivity index (χ1v) is 8.74. The lowest BCUT2D eigenvalue weighted by molar-refractivity contribution is 0.587. The van der Waals surface area contributed by atoms with E-state index in [1.807, 2.05) is 24.4 Å². The highest BCUT2D eigenvalue weighted by atomic mass is 32.2. The van der Waals surface area contributed by atoms with Gasteiger partial charge in [-0.05, 0) is 41.5 Å². The van der Waals surface area contributed by atoms with Gasteiger partial charge in [0.15, 0.2) is 0 Å². The van der Waals surface area contributed by atoms with Crippen molar-refractivity contribution < 1.29 is 8.42 Å². The van der Waals surface area contributed by atoms with Crippen molar-refractivity contribution in [1.82, 2.24) is 0 Å². The third-order valence-corrected chi connectivity index (χ3v) is 5.36. The maximum atomic E-state index is 12.3. The van der Waals surface area contributed by atoms with Crippen LogP contribution in [0.3, 0.4) is 0 Å².